The minimum atomic E-state index is 0.520. The van der Waals surface area contributed by atoms with Gasteiger partial charge in [-0.05, 0) is 36.6 Å². The van der Waals surface area contributed by atoms with Crippen molar-refractivity contribution < 1.29 is 0 Å². The smallest absolute Gasteiger partial charge is 0.0991 e. The van der Waals surface area contributed by atoms with Gasteiger partial charge in [0.1, 0.15) is 0 Å². The van der Waals surface area contributed by atoms with E-state index < -0.39 is 0 Å². The van der Waals surface area contributed by atoms with E-state index >= 15 is 0 Å². The first kappa shape index (κ1) is 14.1. The molecule has 18 heavy (non-hydrogen) atoms. The number of nitriles is 2. The molecule has 0 saturated heterocycles. The van der Waals surface area contributed by atoms with Crippen LogP contribution in [0.2, 0.25) is 0 Å². The van der Waals surface area contributed by atoms with Crippen molar-refractivity contribution in [3.8, 4) is 12.1 Å². The van der Waals surface area contributed by atoms with Crippen LogP contribution in [0.25, 0.3) is 0 Å². The van der Waals surface area contributed by atoms with E-state index in [0.29, 0.717) is 17.9 Å². The molecule has 0 bridgehead atoms. The third-order valence-corrected chi connectivity index (χ3v) is 2.75. The van der Waals surface area contributed by atoms with Gasteiger partial charge in [0.15, 0.2) is 0 Å². The molecule has 0 N–H and O–H groups in total. The van der Waals surface area contributed by atoms with Crippen molar-refractivity contribution in [2.24, 2.45) is 5.92 Å². The lowest BCUT2D eigenvalue weighted by Gasteiger charge is -2.27. The lowest BCUT2D eigenvalue weighted by atomic mass is 10.1. The molecule has 1 rings (SSSR count). The number of nitrogens with zero attached hydrogens (tertiary/aromatic N) is 3. The zero-order valence-corrected chi connectivity index (χ0v) is 11.3. The quantitative estimate of drug-likeness (QED) is 0.795. The molecule has 0 fully saturated rings. The highest BCUT2D eigenvalue weighted by atomic mass is 15.1. The Morgan fingerprint density at radius 2 is 2.00 bits per heavy atom. The molecule has 94 valence electrons. The fraction of sp³-hybridized carbons (Fsp3) is 0.467. The van der Waals surface area contributed by atoms with E-state index in [1.165, 1.54) is 0 Å². The molecule has 3 nitrogen and oxygen atoms in total. The summed E-state index contributed by atoms with van der Waals surface area (Å²) in [5.74, 6) is 0.540. The number of aryl methyl sites for hydroxylation is 1. The average Bonchev–Trinajstić information content (AvgIpc) is 2.34. The van der Waals surface area contributed by atoms with Gasteiger partial charge in [0.25, 0.3) is 0 Å². The van der Waals surface area contributed by atoms with Crippen LogP contribution in [0.15, 0.2) is 18.2 Å². The highest BCUT2D eigenvalue weighted by molar-refractivity contribution is 5.56. The molecule has 0 unspecified atom stereocenters. The molecule has 0 heterocycles. The lowest BCUT2D eigenvalue weighted by Crippen LogP contribution is -2.29. The van der Waals surface area contributed by atoms with Gasteiger partial charge in [0.05, 0.1) is 24.1 Å². The molecule has 0 aliphatic carbocycles. The van der Waals surface area contributed by atoms with Gasteiger partial charge in [-0.15, -0.1) is 0 Å². The van der Waals surface area contributed by atoms with Crippen LogP contribution in [0.1, 0.15) is 31.4 Å². The minimum Gasteiger partial charge on any atom is -0.370 e. The molecule has 0 aliphatic heterocycles. The normalized spacial score (nSPS) is 9.89. The summed E-state index contributed by atoms with van der Waals surface area (Å²) in [6.45, 7) is 8.00. The van der Waals surface area contributed by atoms with E-state index in [1.807, 2.05) is 25.1 Å². The first-order valence-corrected chi connectivity index (χ1v) is 6.21. The molecule has 0 spiro atoms. The lowest BCUT2D eigenvalue weighted by molar-refractivity contribution is 0.611. The van der Waals surface area contributed by atoms with Gasteiger partial charge in [0.2, 0.25) is 0 Å². The SMILES string of the molecule is Cc1cc(C#N)ccc1N(CCC#N)CC(C)C. The summed E-state index contributed by atoms with van der Waals surface area (Å²) in [5, 5.41) is 17.6. The molecule has 0 aliphatic rings. The van der Waals surface area contributed by atoms with Crippen LogP contribution in [-0.2, 0) is 0 Å². The molecule has 1 aromatic rings. The topological polar surface area (TPSA) is 50.8 Å². The first-order chi connectivity index (χ1) is 8.58. The summed E-state index contributed by atoms with van der Waals surface area (Å²) in [7, 11) is 0. The minimum absolute atomic E-state index is 0.520. The molecule has 0 radical (unpaired) electrons. The summed E-state index contributed by atoms with van der Waals surface area (Å²) in [6.07, 6.45) is 0.520. The van der Waals surface area contributed by atoms with Crippen LogP contribution in [0.4, 0.5) is 5.69 Å². The standard InChI is InChI=1S/C15H19N3/c1-12(2)11-18(8-4-7-16)15-6-5-14(10-17)9-13(15)3/h5-6,9,12H,4,8,11H2,1-3H3. The molecule has 0 amide bonds. The zero-order valence-electron chi connectivity index (χ0n) is 11.3. The first-order valence-electron chi connectivity index (χ1n) is 6.21. The van der Waals surface area contributed by atoms with E-state index in [1.54, 1.807) is 0 Å². The van der Waals surface area contributed by atoms with E-state index in [0.717, 1.165) is 24.3 Å². The Morgan fingerprint density at radius 3 is 2.50 bits per heavy atom. The molecular weight excluding hydrogens is 222 g/mol. The van der Waals surface area contributed by atoms with Crippen molar-refractivity contribution in [1.29, 1.82) is 10.5 Å². The summed E-state index contributed by atoms with van der Waals surface area (Å²) in [6, 6.07) is 10.0. The Hall–Kier alpha value is -2.00. The highest BCUT2D eigenvalue weighted by Gasteiger charge is 2.11. The fourth-order valence-electron chi connectivity index (χ4n) is 2.02. The Morgan fingerprint density at radius 1 is 1.28 bits per heavy atom. The van der Waals surface area contributed by atoms with Crippen molar-refractivity contribution in [2.45, 2.75) is 27.2 Å². The molecule has 3 heteroatoms. The van der Waals surface area contributed by atoms with Gasteiger partial charge in [0, 0.05) is 18.8 Å². The predicted molar refractivity (Wildman–Crippen MR) is 73.2 cm³/mol. The fourth-order valence-corrected chi connectivity index (χ4v) is 2.02. The van der Waals surface area contributed by atoms with E-state index in [-0.39, 0.29) is 0 Å². The second-order valence-corrected chi connectivity index (χ2v) is 4.86. The molecule has 0 saturated carbocycles. The maximum Gasteiger partial charge on any atom is 0.0991 e. The van der Waals surface area contributed by atoms with Crippen LogP contribution in [0, 0.1) is 35.5 Å². The van der Waals surface area contributed by atoms with Gasteiger partial charge in [-0.2, -0.15) is 10.5 Å². The van der Waals surface area contributed by atoms with Crippen molar-refractivity contribution in [3.63, 3.8) is 0 Å². The Bertz CT molecular complexity index is 477. The van der Waals surface area contributed by atoms with E-state index in [2.05, 4.69) is 30.9 Å². The number of benzene rings is 1. The van der Waals surface area contributed by atoms with Crippen LogP contribution in [0.5, 0.6) is 0 Å². The largest absolute Gasteiger partial charge is 0.370 e. The Balaban J connectivity index is 2.98. The molecule has 1 aromatic carbocycles. The monoisotopic (exact) mass is 241 g/mol. The Kier molecular flexibility index (Phi) is 5.21. The number of hydrogen-bond acceptors (Lipinski definition) is 3. The highest BCUT2D eigenvalue weighted by Crippen LogP contribution is 2.22. The summed E-state index contributed by atoms with van der Waals surface area (Å²) in [4.78, 5) is 2.23. The second-order valence-electron chi connectivity index (χ2n) is 4.86. The van der Waals surface area contributed by atoms with Gasteiger partial charge >= 0.3 is 0 Å². The summed E-state index contributed by atoms with van der Waals surface area (Å²) < 4.78 is 0. The predicted octanol–water partition coefficient (Wildman–Crippen LogP) is 3.24. The van der Waals surface area contributed by atoms with Gasteiger partial charge in [-0.3, -0.25) is 0 Å². The average molecular weight is 241 g/mol. The number of hydrogen-bond donors (Lipinski definition) is 0. The number of rotatable bonds is 5. The second kappa shape index (κ2) is 6.67. The van der Waals surface area contributed by atoms with Crippen molar-refractivity contribution in [1.82, 2.24) is 0 Å². The van der Waals surface area contributed by atoms with Crippen molar-refractivity contribution in [2.75, 3.05) is 18.0 Å². The van der Waals surface area contributed by atoms with E-state index in [9.17, 15) is 0 Å². The maximum atomic E-state index is 8.87. The summed E-state index contributed by atoms with van der Waals surface area (Å²) >= 11 is 0. The van der Waals surface area contributed by atoms with Gasteiger partial charge < -0.3 is 4.90 Å². The van der Waals surface area contributed by atoms with Crippen LogP contribution in [0.3, 0.4) is 0 Å². The van der Waals surface area contributed by atoms with E-state index in [4.69, 9.17) is 10.5 Å². The Labute approximate surface area is 109 Å². The molecule has 0 atom stereocenters. The van der Waals surface area contributed by atoms with Gasteiger partial charge in [-0.25, -0.2) is 0 Å². The third kappa shape index (κ3) is 3.79. The van der Waals surface area contributed by atoms with Crippen LogP contribution < -0.4 is 4.90 Å². The third-order valence-electron chi connectivity index (χ3n) is 2.75. The van der Waals surface area contributed by atoms with Crippen molar-refractivity contribution in [3.05, 3.63) is 29.3 Å². The number of anilines is 1. The molecular formula is C15H19N3. The zero-order chi connectivity index (χ0) is 13.5. The molecule has 0 aromatic heterocycles. The van der Waals surface area contributed by atoms with Crippen molar-refractivity contribution >= 4 is 5.69 Å². The maximum absolute atomic E-state index is 8.87. The van der Waals surface area contributed by atoms with Crippen LogP contribution >= 0.6 is 0 Å². The summed E-state index contributed by atoms with van der Waals surface area (Å²) in [5.41, 5.74) is 2.90. The van der Waals surface area contributed by atoms with Gasteiger partial charge in [-0.1, -0.05) is 13.8 Å². The van der Waals surface area contributed by atoms with Crippen LogP contribution in [-0.4, -0.2) is 13.1 Å².